The molecule has 4 atom stereocenters. The third kappa shape index (κ3) is 3.97. The van der Waals surface area contributed by atoms with Crippen molar-refractivity contribution >= 4 is 17.3 Å². The Balaban J connectivity index is 1.58. The number of allylic oxidation sites excluding steroid dienone is 2. The van der Waals surface area contributed by atoms with Crippen molar-refractivity contribution in [3.05, 3.63) is 47.9 Å². The molecule has 0 bridgehead atoms. The number of halogens is 1. The van der Waals surface area contributed by atoms with Gasteiger partial charge in [0, 0.05) is 55.8 Å². The number of nitrogens with one attached hydrogen (secondary N) is 1. The van der Waals surface area contributed by atoms with Crippen LogP contribution < -0.4 is 16.0 Å². The Morgan fingerprint density at radius 1 is 1.18 bits per heavy atom. The van der Waals surface area contributed by atoms with Crippen LogP contribution in [-0.4, -0.2) is 60.0 Å². The molecular weight excluding hydrogens is 417 g/mol. The van der Waals surface area contributed by atoms with Gasteiger partial charge in [0.05, 0.1) is 23.1 Å². The number of hydrogen-bond donors (Lipinski definition) is 2. The molecule has 1 fully saturated rings. The molecule has 2 aromatic rings. The minimum atomic E-state index is -0.426. The van der Waals surface area contributed by atoms with E-state index in [2.05, 4.69) is 36.2 Å². The molecule has 8 heteroatoms. The topological polar surface area (TPSA) is 82.7 Å². The molecule has 0 radical (unpaired) electrons. The molecule has 3 N–H and O–H groups in total. The number of aromatic nitrogens is 2. The van der Waals surface area contributed by atoms with Gasteiger partial charge < -0.3 is 16.0 Å². The first kappa shape index (κ1) is 21.8. The van der Waals surface area contributed by atoms with E-state index < -0.39 is 5.82 Å². The van der Waals surface area contributed by atoms with Crippen LogP contribution in [0.25, 0.3) is 11.3 Å². The maximum Gasteiger partial charge on any atom is 0.225 e. The zero-order chi connectivity index (χ0) is 23.1. The predicted molar refractivity (Wildman–Crippen MR) is 131 cm³/mol. The molecule has 1 aromatic heterocycles. The molecule has 7 nitrogen and oxygen atoms in total. The highest BCUT2D eigenvalue weighted by Crippen LogP contribution is 2.43. The monoisotopic (exact) mass is 449 g/mol. The van der Waals surface area contributed by atoms with Gasteiger partial charge in [-0.05, 0) is 44.0 Å². The van der Waals surface area contributed by atoms with Crippen molar-refractivity contribution < 1.29 is 4.39 Å². The van der Waals surface area contributed by atoms with E-state index in [9.17, 15) is 4.39 Å². The van der Waals surface area contributed by atoms with E-state index >= 15 is 0 Å². The average Bonchev–Trinajstić information content (AvgIpc) is 2.98. The lowest BCUT2D eigenvalue weighted by Gasteiger charge is -2.34. The van der Waals surface area contributed by atoms with Crippen LogP contribution in [-0.2, 0) is 0 Å². The molecule has 33 heavy (non-hydrogen) atoms. The third-order valence-electron chi connectivity index (χ3n) is 7.39. The minimum absolute atomic E-state index is 0.110. The summed E-state index contributed by atoms with van der Waals surface area (Å²) >= 11 is 0. The maximum atomic E-state index is 14.5. The van der Waals surface area contributed by atoms with Gasteiger partial charge in [0.25, 0.3) is 0 Å². The number of nitrogen functional groups attached to an aromatic ring is 1. The predicted octanol–water partition coefficient (Wildman–Crippen LogP) is 3.26. The molecular formula is C25H32FN7. The van der Waals surface area contributed by atoms with Crippen LogP contribution in [0.2, 0.25) is 0 Å². The molecule has 1 aliphatic carbocycles. The van der Waals surface area contributed by atoms with Crippen molar-refractivity contribution in [3.63, 3.8) is 0 Å². The van der Waals surface area contributed by atoms with Crippen molar-refractivity contribution in [1.82, 2.24) is 20.3 Å². The first-order valence-electron chi connectivity index (χ1n) is 11.8. The summed E-state index contributed by atoms with van der Waals surface area (Å²) in [6.45, 7) is 8.12. The van der Waals surface area contributed by atoms with Crippen molar-refractivity contribution in [1.29, 1.82) is 0 Å². The molecule has 4 unspecified atom stereocenters. The number of nitrogens with zero attached hydrogens (tertiary/aromatic N) is 5. The van der Waals surface area contributed by atoms with Crippen LogP contribution in [0.4, 0.5) is 16.0 Å². The molecule has 3 heterocycles. The Hall–Kier alpha value is -3.00. The standard InChI is InChI=1S/C25H32FN7/c1-15-18(6-8-22-23(15)16(2)32(3)31-22)19-14-29-25(33-11-4-9-28-10-12-33)30-24(19)17-5-7-21(27)20(26)13-17/h5-8,13-16,18,23,28H,4,9-12,27H2,1-3H3. The van der Waals surface area contributed by atoms with E-state index in [0.717, 1.165) is 55.1 Å². The Labute approximate surface area is 194 Å². The van der Waals surface area contributed by atoms with Gasteiger partial charge in [0.2, 0.25) is 5.95 Å². The summed E-state index contributed by atoms with van der Waals surface area (Å²) in [6, 6.07) is 5.29. The minimum Gasteiger partial charge on any atom is -0.396 e. The van der Waals surface area contributed by atoms with E-state index in [0.29, 0.717) is 23.8 Å². The van der Waals surface area contributed by atoms with Gasteiger partial charge in [-0.1, -0.05) is 19.1 Å². The summed E-state index contributed by atoms with van der Waals surface area (Å²) in [5.41, 5.74) is 9.55. The number of anilines is 2. The zero-order valence-electron chi connectivity index (χ0n) is 19.5. The molecule has 0 spiro atoms. The molecule has 5 rings (SSSR count). The second kappa shape index (κ2) is 8.74. The SMILES string of the molecule is CC1C(c2cnc(N3CCCNCC3)nc2-c2ccc(N)c(F)c2)C=CC2=NN(C)C(C)C21. The lowest BCUT2D eigenvalue weighted by molar-refractivity contribution is 0.223. The molecule has 2 aliphatic heterocycles. The Morgan fingerprint density at radius 3 is 2.85 bits per heavy atom. The van der Waals surface area contributed by atoms with Gasteiger partial charge in [0.15, 0.2) is 0 Å². The van der Waals surface area contributed by atoms with Gasteiger partial charge in [-0.25, -0.2) is 14.4 Å². The number of rotatable bonds is 3. The molecule has 0 saturated carbocycles. The number of nitrogens with two attached hydrogens (primary N) is 1. The molecule has 1 saturated heterocycles. The van der Waals surface area contributed by atoms with E-state index in [4.69, 9.17) is 20.8 Å². The summed E-state index contributed by atoms with van der Waals surface area (Å²) in [7, 11) is 2.03. The normalized spacial score (nSPS) is 27.3. The Bertz CT molecular complexity index is 1090. The highest BCUT2D eigenvalue weighted by molar-refractivity contribution is 5.99. The van der Waals surface area contributed by atoms with Gasteiger partial charge in [-0.15, -0.1) is 0 Å². The largest absolute Gasteiger partial charge is 0.396 e. The molecule has 174 valence electrons. The second-order valence-electron chi connectivity index (χ2n) is 9.41. The summed E-state index contributed by atoms with van der Waals surface area (Å²) in [5.74, 6) is 1.02. The lowest BCUT2D eigenvalue weighted by Crippen LogP contribution is -2.36. The summed E-state index contributed by atoms with van der Waals surface area (Å²) in [4.78, 5) is 12.0. The fraction of sp³-hybridized carbons (Fsp3) is 0.480. The second-order valence-corrected chi connectivity index (χ2v) is 9.41. The third-order valence-corrected chi connectivity index (χ3v) is 7.39. The van der Waals surface area contributed by atoms with E-state index in [-0.39, 0.29) is 11.6 Å². The molecule has 3 aliphatic rings. The average molecular weight is 450 g/mol. The van der Waals surface area contributed by atoms with Crippen molar-refractivity contribution in [2.45, 2.75) is 32.2 Å². The summed E-state index contributed by atoms with van der Waals surface area (Å²) in [5, 5.41) is 10.2. The van der Waals surface area contributed by atoms with E-state index in [1.807, 2.05) is 24.3 Å². The molecule has 1 aromatic carbocycles. The quantitative estimate of drug-likeness (QED) is 0.700. The van der Waals surface area contributed by atoms with Crippen LogP contribution in [0.3, 0.4) is 0 Å². The van der Waals surface area contributed by atoms with E-state index in [1.54, 1.807) is 6.07 Å². The van der Waals surface area contributed by atoms with Crippen LogP contribution in [0.5, 0.6) is 0 Å². The van der Waals surface area contributed by atoms with E-state index in [1.165, 1.54) is 6.07 Å². The Morgan fingerprint density at radius 2 is 2.03 bits per heavy atom. The van der Waals surface area contributed by atoms with Gasteiger partial charge in [-0.3, -0.25) is 5.01 Å². The zero-order valence-corrected chi connectivity index (χ0v) is 19.5. The molecule has 0 amide bonds. The fourth-order valence-corrected chi connectivity index (χ4v) is 5.39. The lowest BCUT2D eigenvalue weighted by atomic mass is 9.70. The smallest absolute Gasteiger partial charge is 0.225 e. The van der Waals surface area contributed by atoms with Gasteiger partial charge >= 0.3 is 0 Å². The fourth-order valence-electron chi connectivity index (χ4n) is 5.39. The van der Waals surface area contributed by atoms with Crippen LogP contribution in [0, 0.1) is 17.7 Å². The van der Waals surface area contributed by atoms with Gasteiger partial charge in [0.1, 0.15) is 5.82 Å². The number of benzene rings is 1. The first-order valence-corrected chi connectivity index (χ1v) is 11.8. The summed E-state index contributed by atoms with van der Waals surface area (Å²) in [6.07, 6.45) is 7.32. The van der Waals surface area contributed by atoms with Crippen LogP contribution in [0.15, 0.2) is 41.6 Å². The van der Waals surface area contributed by atoms with Crippen molar-refractivity contribution in [2.24, 2.45) is 16.9 Å². The van der Waals surface area contributed by atoms with Crippen molar-refractivity contribution in [3.8, 4) is 11.3 Å². The van der Waals surface area contributed by atoms with Gasteiger partial charge in [-0.2, -0.15) is 5.10 Å². The number of hydrogen-bond acceptors (Lipinski definition) is 7. The Kier molecular flexibility index (Phi) is 5.78. The summed E-state index contributed by atoms with van der Waals surface area (Å²) < 4.78 is 14.5. The maximum absolute atomic E-state index is 14.5. The van der Waals surface area contributed by atoms with Crippen LogP contribution >= 0.6 is 0 Å². The van der Waals surface area contributed by atoms with Crippen LogP contribution in [0.1, 0.15) is 31.7 Å². The number of fused-ring (bicyclic) bond motifs is 1. The first-order chi connectivity index (χ1) is 15.9. The number of hydrazone groups is 1. The highest BCUT2D eigenvalue weighted by atomic mass is 19.1. The van der Waals surface area contributed by atoms with Crippen molar-refractivity contribution in [2.75, 3.05) is 43.9 Å². The highest BCUT2D eigenvalue weighted by Gasteiger charge is 2.41.